The molecule has 0 spiro atoms. The summed E-state index contributed by atoms with van der Waals surface area (Å²) in [6, 6.07) is 12.0. The van der Waals surface area contributed by atoms with Gasteiger partial charge in [-0.15, -0.1) is 0 Å². The van der Waals surface area contributed by atoms with Gasteiger partial charge >= 0.3 is 5.97 Å². The van der Waals surface area contributed by atoms with Crippen LogP contribution in [0.4, 0.5) is 0 Å². The van der Waals surface area contributed by atoms with E-state index < -0.39 is 0 Å². The first-order valence-electron chi connectivity index (χ1n) is 9.36. The van der Waals surface area contributed by atoms with Crippen molar-refractivity contribution in [2.45, 2.75) is 43.6 Å². The lowest BCUT2D eigenvalue weighted by Gasteiger charge is -2.13. The van der Waals surface area contributed by atoms with Crippen molar-refractivity contribution in [2.24, 2.45) is 0 Å². The second-order valence-electron chi connectivity index (χ2n) is 6.77. The van der Waals surface area contributed by atoms with Crippen molar-refractivity contribution in [1.82, 2.24) is 19.7 Å². The van der Waals surface area contributed by atoms with Gasteiger partial charge < -0.3 is 4.74 Å². The van der Waals surface area contributed by atoms with Crippen molar-refractivity contribution < 1.29 is 9.53 Å². The summed E-state index contributed by atoms with van der Waals surface area (Å²) in [4.78, 5) is 21.6. The van der Waals surface area contributed by atoms with Crippen LogP contribution in [0.2, 0.25) is 0 Å². The van der Waals surface area contributed by atoms with E-state index in [0.717, 1.165) is 54.1 Å². The lowest BCUT2D eigenvalue weighted by molar-refractivity contribution is 0.0598. The van der Waals surface area contributed by atoms with Gasteiger partial charge in [0.2, 0.25) is 0 Å². The SMILES string of the molecule is COC(=O)c1c(CSc2nc(C)cc(-c3ccccc3)n2)nn2c1CCCC2. The number of fused-ring (bicyclic) bond motifs is 1. The Morgan fingerprint density at radius 2 is 2.04 bits per heavy atom. The lowest BCUT2D eigenvalue weighted by atomic mass is 10.1. The molecule has 0 unspecified atom stereocenters. The number of rotatable bonds is 5. The van der Waals surface area contributed by atoms with Crippen LogP contribution < -0.4 is 0 Å². The van der Waals surface area contributed by atoms with Gasteiger partial charge in [0.15, 0.2) is 5.16 Å². The van der Waals surface area contributed by atoms with E-state index in [2.05, 4.69) is 10.1 Å². The molecule has 0 N–H and O–H groups in total. The molecule has 6 nitrogen and oxygen atoms in total. The van der Waals surface area contributed by atoms with Crippen LogP contribution in [-0.4, -0.2) is 32.8 Å². The molecule has 0 amide bonds. The van der Waals surface area contributed by atoms with Crippen LogP contribution in [-0.2, 0) is 23.5 Å². The Kier molecular flexibility index (Phi) is 5.43. The highest BCUT2D eigenvalue weighted by molar-refractivity contribution is 7.98. The van der Waals surface area contributed by atoms with Crippen molar-refractivity contribution in [1.29, 1.82) is 0 Å². The van der Waals surface area contributed by atoms with Gasteiger partial charge in [-0.25, -0.2) is 14.8 Å². The van der Waals surface area contributed by atoms with Crippen molar-refractivity contribution >= 4 is 17.7 Å². The molecule has 4 rings (SSSR count). The fourth-order valence-corrected chi connectivity index (χ4v) is 4.32. The first-order chi connectivity index (χ1) is 13.7. The smallest absolute Gasteiger partial charge is 0.341 e. The summed E-state index contributed by atoms with van der Waals surface area (Å²) in [5.74, 6) is 0.219. The number of aromatic nitrogens is 4. The first kappa shape index (κ1) is 18.7. The van der Waals surface area contributed by atoms with Gasteiger partial charge in [-0.05, 0) is 32.3 Å². The van der Waals surface area contributed by atoms with Gasteiger partial charge in [0, 0.05) is 23.6 Å². The summed E-state index contributed by atoms with van der Waals surface area (Å²) in [7, 11) is 1.42. The lowest BCUT2D eigenvalue weighted by Crippen LogP contribution is -2.14. The predicted molar refractivity (Wildman–Crippen MR) is 108 cm³/mol. The Morgan fingerprint density at radius 3 is 2.82 bits per heavy atom. The molecule has 0 aliphatic carbocycles. The Morgan fingerprint density at radius 1 is 1.21 bits per heavy atom. The number of carbonyl (C=O) groups is 1. The molecule has 0 bridgehead atoms. The highest BCUT2D eigenvalue weighted by atomic mass is 32.2. The average molecular weight is 395 g/mol. The van der Waals surface area contributed by atoms with E-state index in [9.17, 15) is 4.79 Å². The molecule has 3 heterocycles. The maximum Gasteiger partial charge on any atom is 0.341 e. The number of nitrogens with zero attached hydrogens (tertiary/aromatic N) is 4. The molecule has 144 valence electrons. The largest absolute Gasteiger partial charge is 0.465 e. The van der Waals surface area contributed by atoms with Crippen LogP contribution >= 0.6 is 11.8 Å². The summed E-state index contributed by atoms with van der Waals surface area (Å²) in [6.45, 7) is 2.82. The van der Waals surface area contributed by atoms with Crippen molar-refractivity contribution in [3.05, 3.63) is 59.0 Å². The summed E-state index contributed by atoms with van der Waals surface area (Å²) in [5.41, 5.74) is 5.22. The van der Waals surface area contributed by atoms with Crippen molar-refractivity contribution in [3.8, 4) is 11.3 Å². The molecule has 0 saturated carbocycles. The van der Waals surface area contributed by atoms with Crippen molar-refractivity contribution in [2.75, 3.05) is 7.11 Å². The Hall–Kier alpha value is -2.67. The van der Waals surface area contributed by atoms with Crippen molar-refractivity contribution in [3.63, 3.8) is 0 Å². The molecule has 0 radical (unpaired) electrons. The maximum atomic E-state index is 12.4. The van der Waals surface area contributed by atoms with E-state index in [-0.39, 0.29) is 5.97 Å². The number of esters is 1. The maximum absolute atomic E-state index is 12.4. The number of thioether (sulfide) groups is 1. The second kappa shape index (κ2) is 8.14. The zero-order chi connectivity index (χ0) is 19.5. The number of ether oxygens (including phenoxy) is 1. The molecule has 1 aromatic carbocycles. The summed E-state index contributed by atoms with van der Waals surface area (Å²) in [6.07, 6.45) is 3.02. The third-order valence-electron chi connectivity index (χ3n) is 4.79. The molecular formula is C21H22N4O2S. The van der Waals surface area contributed by atoms with Gasteiger partial charge in [-0.2, -0.15) is 5.10 Å². The Labute approximate surface area is 168 Å². The molecule has 7 heteroatoms. The van der Waals surface area contributed by atoms with Crippen LogP contribution in [0.5, 0.6) is 0 Å². The Bertz CT molecular complexity index is 1000. The molecule has 1 aliphatic rings. The zero-order valence-corrected chi connectivity index (χ0v) is 16.8. The summed E-state index contributed by atoms with van der Waals surface area (Å²) in [5, 5.41) is 5.36. The fraction of sp³-hybridized carbons (Fsp3) is 0.333. The van der Waals surface area contributed by atoms with Gasteiger partial charge in [0.25, 0.3) is 0 Å². The number of methoxy groups -OCH3 is 1. The van der Waals surface area contributed by atoms with Gasteiger partial charge in [0.1, 0.15) is 5.56 Å². The van der Waals surface area contributed by atoms with E-state index in [1.807, 2.05) is 48.0 Å². The normalized spacial score (nSPS) is 13.2. The standard InChI is InChI=1S/C21H22N4O2S/c1-14-12-16(15-8-4-3-5-9-15)23-21(22-14)28-13-17-19(20(26)27-2)18-10-6-7-11-25(18)24-17/h3-5,8-9,12H,6-7,10-11,13H2,1-2H3. The molecule has 0 saturated heterocycles. The summed E-state index contributed by atoms with van der Waals surface area (Å²) >= 11 is 1.50. The van der Waals surface area contributed by atoms with E-state index in [1.54, 1.807) is 0 Å². The fourth-order valence-electron chi connectivity index (χ4n) is 3.48. The first-order valence-corrected chi connectivity index (χ1v) is 10.3. The predicted octanol–water partition coefficient (Wildman–Crippen LogP) is 4.06. The highest BCUT2D eigenvalue weighted by Gasteiger charge is 2.26. The third-order valence-corrected chi connectivity index (χ3v) is 5.65. The molecule has 3 aromatic rings. The van der Waals surface area contributed by atoms with Gasteiger partial charge in [-0.1, -0.05) is 42.1 Å². The van der Waals surface area contributed by atoms with E-state index in [1.165, 1.54) is 18.9 Å². The van der Waals surface area contributed by atoms with E-state index >= 15 is 0 Å². The molecule has 0 fully saturated rings. The van der Waals surface area contributed by atoms with E-state index in [4.69, 9.17) is 9.72 Å². The summed E-state index contributed by atoms with van der Waals surface area (Å²) < 4.78 is 6.97. The van der Waals surface area contributed by atoms with E-state index in [0.29, 0.717) is 16.5 Å². The van der Waals surface area contributed by atoms with Crippen LogP contribution in [0.25, 0.3) is 11.3 Å². The van der Waals surface area contributed by atoms with Gasteiger partial charge in [0.05, 0.1) is 24.2 Å². The monoisotopic (exact) mass is 394 g/mol. The molecule has 2 aromatic heterocycles. The highest BCUT2D eigenvalue weighted by Crippen LogP contribution is 2.28. The van der Waals surface area contributed by atoms with Crippen LogP contribution in [0, 0.1) is 6.92 Å². The number of hydrogen-bond acceptors (Lipinski definition) is 6. The third kappa shape index (κ3) is 3.80. The van der Waals surface area contributed by atoms with Crippen LogP contribution in [0.3, 0.4) is 0 Å². The van der Waals surface area contributed by atoms with Crippen LogP contribution in [0.1, 0.15) is 40.3 Å². The molecule has 0 atom stereocenters. The minimum absolute atomic E-state index is 0.311. The molecule has 28 heavy (non-hydrogen) atoms. The number of aryl methyl sites for hydroxylation is 2. The average Bonchev–Trinajstić information content (AvgIpc) is 3.10. The number of benzene rings is 1. The molecule has 1 aliphatic heterocycles. The number of carbonyl (C=O) groups excluding carboxylic acids is 1. The Balaban J connectivity index is 1.61. The zero-order valence-electron chi connectivity index (χ0n) is 16.0. The number of hydrogen-bond donors (Lipinski definition) is 0. The van der Waals surface area contributed by atoms with Gasteiger partial charge in [-0.3, -0.25) is 4.68 Å². The van der Waals surface area contributed by atoms with Crippen LogP contribution in [0.15, 0.2) is 41.6 Å². The quantitative estimate of drug-likeness (QED) is 0.369. The minimum atomic E-state index is -0.311. The topological polar surface area (TPSA) is 69.9 Å². The second-order valence-corrected chi connectivity index (χ2v) is 7.71. The molecular weight excluding hydrogens is 372 g/mol. The minimum Gasteiger partial charge on any atom is -0.465 e.